The number of fused-ring (bicyclic) bond motifs is 3. The Hall–Kier alpha value is -3.35. The molecule has 0 spiro atoms. The molecular weight excluding hydrogens is 408 g/mol. The van der Waals surface area contributed by atoms with E-state index in [9.17, 15) is 14.4 Å². The second-order valence-electron chi connectivity index (χ2n) is 8.42. The van der Waals surface area contributed by atoms with Gasteiger partial charge in [0.15, 0.2) is 0 Å². The number of alkyl carbamates (subject to hydrolysis) is 1. The molecule has 3 N–H and O–H groups in total. The van der Waals surface area contributed by atoms with Gasteiger partial charge < -0.3 is 20.5 Å². The van der Waals surface area contributed by atoms with Crippen LogP contribution in [0.15, 0.2) is 48.5 Å². The number of aliphatic carboxylic acids is 1. The predicted octanol–water partition coefficient (Wildman–Crippen LogP) is 3.92. The second kappa shape index (κ2) is 10.8. The zero-order valence-electron chi connectivity index (χ0n) is 18.5. The molecule has 0 radical (unpaired) electrons. The Balaban J connectivity index is 1.44. The van der Waals surface area contributed by atoms with Crippen LogP contribution in [-0.4, -0.2) is 42.3 Å². The predicted molar refractivity (Wildman–Crippen MR) is 121 cm³/mol. The number of rotatable bonds is 10. The first-order valence-electron chi connectivity index (χ1n) is 10.9. The highest BCUT2D eigenvalue weighted by Gasteiger charge is 2.29. The molecule has 2 amide bonds. The maximum absolute atomic E-state index is 12.3. The Morgan fingerprint density at radius 3 is 2.19 bits per heavy atom. The lowest BCUT2D eigenvalue weighted by Crippen LogP contribution is -2.39. The van der Waals surface area contributed by atoms with Gasteiger partial charge in [-0.2, -0.15) is 0 Å². The van der Waals surface area contributed by atoms with Gasteiger partial charge in [0.1, 0.15) is 6.61 Å². The van der Waals surface area contributed by atoms with Crippen molar-refractivity contribution >= 4 is 18.0 Å². The third-order valence-electron chi connectivity index (χ3n) is 5.70. The van der Waals surface area contributed by atoms with Crippen LogP contribution in [0, 0.1) is 5.92 Å². The molecule has 0 aromatic heterocycles. The smallest absolute Gasteiger partial charge is 0.407 e. The van der Waals surface area contributed by atoms with Crippen LogP contribution in [0.5, 0.6) is 0 Å². The fourth-order valence-electron chi connectivity index (χ4n) is 4.00. The maximum atomic E-state index is 12.3. The number of carboxylic acid groups (broad SMARTS) is 1. The number of nitrogens with one attached hydrogen (secondary N) is 2. The summed E-state index contributed by atoms with van der Waals surface area (Å²) >= 11 is 0. The minimum Gasteiger partial charge on any atom is -0.481 e. The molecular formula is C25H30N2O5. The molecule has 0 heterocycles. The monoisotopic (exact) mass is 438 g/mol. The number of amides is 2. The summed E-state index contributed by atoms with van der Waals surface area (Å²) in [5.74, 6) is -0.984. The second-order valence-corrected chi connectivity index (χ2v) is 8.42. The molecule has 2 aromatic rings. The van der Waals surface area contributed by atoms with Crippen LogP contribution in [0.2, 0.25) is 0 Å². The molecule has 0 saturated heterocycles. The number of benzene rings is 2. The van der Waals surface area contributed by atoms with Crippen LogP contribution in [0.3, 0.4) is 0 Å². The standard InChI is InChI=1S/C25H30N2O5/c1-16(11-12-24(29)30)14-26-23(28)13-17(2)27-25(31)32-15-22-20-9-5-3-7-18(20)19-8-4-6-10-21(19)22/h3-10,16-17,22H,11-15H2,1-2H3,(H,26,28)(H,27,31)(H,29,30)/t16?,17-/m0/s1. The van der Waals surface area contributed by atoms with Crippen LogP contribution in [0.25, 0.3) is 11.1 Å². The zero-order valence-corrected chi connectivity index (χ0v) is 18.5. The van der Waals surface area contributed by atoms with Crippen molar-refractivity contribution in [1.82, 2.24) is 10.6 Å². The summed E-state index contributed by atoms with van der Waals surface area (Å²) < 4.78 is 5.51. The molecule has 0 fully saturated rings. The quantitative estimate of drug-likeness (QED) is 0.521. The van der Waals surface area contributed by atoms with Crippen molar-refractivity contribution in [2.75, 3.05) is 13.2 Å². The van der Waals surface area contributed by atoms with Crippen molar-refractivity contribution in [2.24, 2.45) is 5.92 Å². The summed E-state index contributed by atoms with van der Waals surface area (Å²) in [5.41, 5.74) is 4.62. The molecule has 170 valence electrons. The summed E-state index contributed by atoms with van der Waals surface area (Å²) in [6.07, 6.45) is 0.150. The normalized spacial score (nSPS) is 14.1. The van der Waals surface area contributed by atoms with Crippen LogP contribution in [-0.2, 0) is 14.3 Å². The third kappa shape index (κ3) is 6.09. The summed E-state index contributed by atoms with van der Waals surface area (Å²) in [4.78, 5) is 35.0. The molecule has 2 atom stereocenters. The van der Waals surface area contributed by atoms with Gasteiger partial charge >= 0.3 is 12.1 Å². The number of hydrogen-bond acceptors (Lipinski definition) is 4. The van der Waals surface area contributed by atoms with E-state index in [-0.39, 0.29) is 43.2 Å². The average Bonchev–Trinajstić information content (AvgIpc) is 3.08. The Morgan fingerprint density at radius 2 is 1.59 bits per heavy atom. The lowest BCUT2D eigenvalue weighted by atomic mass is 9.98. The molecule has 0 saturated carbocycles. The first-order chi connectivity index (χ1) is 15.3. The van der Waals surface area contributed by atoms with Crippen LogP contribution in [0.4, 0.5) is 4.79 Å². The van der Waals surface area contributed by atoms with Crippen LogP contribution in [0.1, 0.15) is 50.2 Å². The van der Waals surface area contributed by atoms with E-state index >= 15 is 0 Å². The fraction of sp³-hybridized carbons (Fsp3) is 0.400. The Bertz CT molecular complexity index is 929. The summed E-state index contributed by atoms with van der Waals surface area (Å²) in [7, 11) is 0. The topological polar surface area (TPSA) is 105 Å². The Labute approximate surface area is 188 Å². The van der Waals surface area contributed by atoms with Crippen molar-refractivity contribution in [3.8, 4) is 11.1 Å². The summed E-state index contributed by atoms with van der Waals surface area (Å²) in [6.45, 7) is 4.26. The van der Waals surface area contributed by atoms with Gasteiger partial charge in [0, 0.05) is 31.3 Å². The number of ether oxygens (including phenoxy) is 1. The highest BCUT2D eigenvalue weighted by Crippen LogP contribution is 2.44. The van der Waals surface area contributed by atoms with Gasteiger partial charge in [0.25, 0.3) is 0 Å². The zero-order chi connectivity index (χ0) is 23.1. The van der Waals surface area contributed by atoms with E-state index in [1.165, 1.54) is 11.1 Å². The van der Waals surface area contributed by atoms with Gasteiger partial charge in [-0.1, -0.05) is 55.5 Å². The van der Waals surface area contributed by atoms with Crippen molar-refractivity contribution in [3.05, 3.63) is 59.7 Å². The molecule has 1 aliphatic rings. The van der Waals surface area contributed by atoms with E-state index < -0.39 is 12.1 Å². The molecule has 7 heteroatoms. The van der Waals surface area contributed by atoms with Crippen molar-refractivity contribution in [1.29, 1.82) is 0 Å². The molecule has 7 nitrogen and oxygen atoms in total. The number of carboxylic acids is 1. The molecule has 3 rings (SSSR count). The molecule has 2 aromatic carbocycles. The van der Waals surface area contributed by atoms with Gasteiger partial charge in [-0.15, -0.1) is 0 Å². The third-order valence-corrected chi connectivity index (χ3v) is 5.70. The lowest BCUT2D eigenvalue weighted by molar-refractivity contribution is -0.137. The minimum atomic E-state index is -0.843. The van der Waals surface area contributed by atoms with Crippen LogP contribution < -0.4 is 10.6 Å². The SMILES string of the molecule is CC(CCC(=O)O)CNC(=O)C[C@H](C)NC(=O)OCC1c2ccccc2-c2ccccc21. The van der Waals surface area contributed by atoms with Gasteiger partial charge in [-0.25, -0.2) is 4.79 Å². The van der Waals surface area contributed by atoms with Crippen molar-refractivity contribution in [3.63, 3.8) is 0 Å². The molecule has 32 heavy (non-hydrogen) atoms. The highest BCUT2D eigenvalue weighted by molar-refractivity contribution is 5.79. The average molecular weight is 439 g/mol. The molecule has 0 bridgehead atoms. The van der Waals surface area contributed by atoms with Gasteiger partial charge in [0.2, 0.25) is 5.91 Å². The van der Waals surface area contributed by atoms with Crippen molar-refractivity contribution < 1.29 is 24.2 Å². The van der Waals surface area contributed by atoms with E-state index in [2.05, 4.69) is 34.9 Å². The first-order valence-corrected chi connectivity index (χ1v) is 10.9. The van der Waals surface area contributed by atoms with Crippen molar-refractivity contribution in [2.45, 2.75) is 45.1 Å². The van der Waals surface area contributed by atoms with E-state index in [0.717, 1.165) is 11.1 Å². The number of hydrogen-bond donors (Lipinski definition) is 3. The van der Waals surface area contributed by atoms with Gasteiger partial charge in [-0.05, 0) is 41.5 Å². The van der Waals surface area contributed by atoms with Crippen LogP contribution >= 0.6 is 0 Å². The maximum Gasteiger partial charge on any atom is 0.407 e. The summed E-state index contributed by atoms with van der Waals surface area (Å²) in [6, 6.07) is 15.9. The molecule has 0 aliphatic heterocycles. The van der Waals surface area contributed by atoms with Gasteiger partial charge in [-0.3, -0.25) is 9.59 Å². The minimum absolute atomic E-state index is 0.0148. The number of carbonyl (C=O) groups excluding carboxylic acids is 2. The summed E-state index contributed by atoms with van der Waals surface area (Å²) in [5, 5.41) is 14.2. The molecule has 1 unspecified atom stereocenters. The van der Waals surface area contributed by atoms with E-state index in [0.29, 0.717) is 13.0 Å². The Morgan fingerprint density at radius 1 is 1.00 bits per heavy atom. The lowest BCUT2D eigenvalue weighted by Gasteiger charge is -2.17. The number of carbonyl (C=O) groups is 3. The highest BCUT2D eigenvalue weighted by atomic mass is 16.5. The van der Waals surface area contributed by atoms with E-state index in [1.807, 2.05) is 31.2 Å². The Kier molecular flexibility index (Phi) is 7.87. The molecule has 1 aliphatic carbocycles. The van der Waals surface area contributed by atoms with E-state index in [1.54, 1.807) is 6.92 Å². The van der Waals surface area contributed by atoms with E-state index in [4.69, 9.17) is 9.84 Å². The first kappa shape index (κ1) is 23.3. The van der Waals surface area contributed by atoms with Gasteiger partial charge in [0.05, 0.1) is 0 Å². The fourth-order valence-corrected chi connectivity index (χ4v) is 4.00. The largest absolute Gasteiger partial charge is 0.481 e.